The van der Waals surface area contributed by atoms with Gasteiger partial charge >= 0.3 is 0 Å². The van der Waals surface area contributed by atoms with Crippen LogP contribution in [-0.2, 0) is 0 Å². The summed E-state index contributed by atoms with van der Waals surface area (Å²) in [5, 5.41) is 3.57. The molecule has 0 radical (unpaired) electrons. The summed E-state index contributed by atoms with van der Waals surface area (Å²) < 4.78 is 5.86. The Kier molecular flexibility index (Phi) is 4.01. The zero-order valence-corrected chi connectivity index (χ0v) is 16.4. The number of halogens is 2. The summed E-state index contributed by atoms with van der Waals surface area (Å²) in [4.78, 5) is 32.3. The van der Waals surface area contributed by atoms with Gasteiger partial charge in [-0.2, -0.15) is 0 Å². The minimum atomic E-state index is -0.662. The molecule has 1 amide bonds. The number of carbonyl (C=O) groups is 1. The van der Waals surface area contributed by atoms with Gasteiger partial charge < -0.3 is 4.42 Å². The SMILES string of the molecule is O=C1c2oc3ccc(Cl)cc3c(=O)c2[C@@H](c2ccc(Cl)cc2)N1c1nccs1. The van der Waals surface area contributed by atoms with Crippen molar-refractivity contribution in [2.75, 3.05) is 4.90 Å². The Morgan fingerprint density at radius 1 is 1.04 bits per heavy atom. The Labute approximate surface area is 172 Å². The number of thiazole rings is 1. The smallest absolute Gasteiger partial charge is 0.297 e. The van der Waals surface area contributed by atoms with Gasteiger partial charge in [-0.1, -0.05) is 35.3 Å². The first-order chi connectivity index (χ1) is 13.5. The van der Waals surface area contributed by atoms with Crippen molar-refractivity contribution in [1.29, 1.82) is 0 Å². The van der Waals surface area contributed by atoms with Gasteiger partial charge in [0.15, 0.2) is 10.6 Å². The molecule has 0 fully saturated rings. The van der Waals surface area contributed by atoms with Gasteiger partial charge in [-0.15, -0.1) is 11.3 Å². The van der Waals surface area contributed by atoms with Crippen LogP contribution in [0.3, 0.4) is 0 Å². The molecule has 0 spiro atoms. The van der Waals surface area contributed by atoms with Crippen molar-refractivity contribution in [2.45, 2.75) is 6.04 Å². The first-order valence-corrected chi connectivity index (χ1v) is 9.93. The van der Waals surface area contributed by atoms with Crippen LogP contribution in [0.25, 0.3) is 11.0 Å². The van der Waals surface area contributed by atoms with Crippen LogP contribution >= 0.6 is 34.5 Å². The van der Waals surface area contributed by atoms with Gasteiger partial charge in [-0.3, -0.25) is 14.5 Å². The molecule has 1 aliphatic heterocycles. The second-order valence-electron chi connectivity index (χ2n) is 6.26. The van der Waals surface area contributed by atoms with Gasteiger partial charge in [-0.05, 0) is 35.9 Å². The monoisotopic (exact) mass is 428 g/mol. The number of amides is 1. The quantitative estimate of drug-likeness (QED) is 0.434. The number of benzene rings is 2. The molecular formula is C20H10Cl2N2O3S. The number of anilines is 1. The lowest BCUT2D eigenvalue weighted by Crippen LogP contribution is -2.29. The van der Waals surface area contributed by atoms with Crippen molar-refractivity contribution in [1.82, 2.24) is 4.98 Å². The van der Waals surface area contributed by atoms with Crippen molar-refractivity contribution >= 4 is 56.5 Å². The average molecular weight is 429 g/mol. The van der Waals surface area contributed by atoms with Crippen LogP contribution in [0, 0.1) is 0 Å². The molecule has 0 bridgehead atoms. The summed E-state index contributed by atoms with van der Waals surface area (Å²) in [6.07, 6.45) is 1.61. The molecule has 0 unspecified atom stereocenters. The normalized spacial score (nSPS) is 16.0. The predicted octanol–water partition coefficient (Wildman–Crippen LogP) is 5.31. The lowest BCUT2D eigenvalue weighted by Gasteiger charge is -2.22. The highest BCUT2D eigenvalue weighted by Gasteiger charge is 2.44. The number of aromatic nitrogens is 1. The first kappa shape index (κ1) is 17.4. The van der Waals surface area contributed by atoms with E-state index in [1.165, 1.54) is 16.2 Å². The highest BCUT2D eigenvalue weighted by molar-refractivity contribution is 7.13. The molecule has 28 heavy (non-hydrogen) atoms. The number of hydrogen-bond donors (Lipinski definition) is 0. The molecule has 4 aromatic rings. The van der Waals surface area contributed by atoms with Crippen LogP contribution in [0.5, 0.6) is 0 Å². The Morgan fingerprint density at radius 3 is 2.50 bits per heavy atom. The van der Waals surface area contributed by atoms with Crippen molar-refractivity contribution in [3.63, 3.8) is 0 Å². The van der Waals surface area contributed by atoms with E-state index >= 15 is 0 Å². The largest absolute Gasteiger partial charge is 0.450 e. The lowest BCUT2D eigenvalue weighted by molar-refractivity contribution is 0.0971. The molecule has 2 aromatic carbocycles. The molecule has 8 heteroatoms. The zero-order chi connectivity index (χ0) is 19.4. The second kappa shape index (κ2) is 6.44. The fourth-order valence-electron chi connectivity index (χ4n) is 3.44. The van der Waals surface area contributed by atoms with E-state index in [1.54, 1.807) is 54.0 Å². The molecule has 5 rings (SSSR count). The van der Waals surface area contributed by atoms with Crippen LogP contribution in [0.1, 0.15) is 27.7 Å². The summed E-state index contributed by atoms with van der Waals surface area (Å²) in [5.41, 5.74) is 1.04. The predicted molar refractivity (Wildman–Crippen MR) is 110 cm³/mol. The van der Waals surface area contributed by atoms with Crippen molar-refractivity contribution in [3.05, 3.63) is 91.2 Å². The van der Waals surface area contributed by atoms with Gasteiger partial charge in [0.2, 0.25) is 5.76 Å². The van der Waals surface area contributed by atoms with Crippen LogP contribution in [-0.4, -0.2) is 10.9 Å². The number of fused-ring (bicyclic) bond motifs is 2. The van der Waals surface area contributed by atoms with Gasteiger partial charge in [-0.25, -0.2) is 4.98 Å². The van der Waals surface area contributed by atoms with Crippen LogP contribution in [0.2, 0.25) is 10.0 Å². The van der Waals surface area contributed by atoms with E-state index in [1.807, 2.05) is 0 Å². The van der Waals surface area contributed by atoms with Gasteiger partial charge in [0.1, 0.15) is 5.58 Å². The Balaban J connectivity index is 1.83. The van der Waals surface area contributed by atoms with Crippen LogP contribution in [0.4, 0.5) is 5.13 Å². The molecule has 0 saturated carbocycles. The van der Waals surface area contributed by atoms with Gasteiger partial charge in [0.25, 0.3) is 5.91 Å². The summed E-state index contributed by atoms with van der Waals surface area (Å²) in [6.45, 7) is 0. The maximum absolute atomic E-state index is 13.3. The maximum Gasteiger partial charge on any atom is 0.297 e. The van der Waals surface area contributed by atoms with E-state index in [4.69, 9.17) is 27.6 Å². The number of nitrogens with zero attached hydrogens (tertiary/aromatic N) is 2. The van der Waals surface area contributed by atoms with Gasteiger partial charge in [0, 0.05) is 21.6 Å². The minimum Gasteiger partial charge on any atom is -0.450 e. The Morgan fingerprint density at radius 2 is 1.79 bits per heavy atom. The zero-order valence-electron chi connectivity index (χ0n) is 14.1. The van der Waals surface area contributed by atoms with E-state index in [9.17, 15) is 9.59 Å². The van der Waals surface area contributed by atoms with E-state index in [2.05, 4.69) is 4.98 Å². The molecule has 0 saturated heterocycles. The van der Waals surface area contributed by atoms with Crippen LogP contribution < -0.4 is 10.3 Å². The highest BCUT2D eigenvalue weighted by Crippen LogP contribution is 2.42. The Hall–Kier alpha value is -2.67. The molecule has 5 nitrogen and oxygen atoms in total. The molecule has 2 aromatic heterocycles. The molecule has 1 atom stereocenters. The fraction of sp³-hybridized carbons (Fsp3) is 0.0500. The molecule has 138 valence electrons. The van der Waals surface area contributed by atoms with E-state index in [0.717, 1.165) is 5.56 Å². The standard InChI is InChI=1S/C20H10Cl2N2O3S/c21-11-3-1-10(2-4-11)16-15-17(25)13-9-12(22)5-6-14(13)27-18(15)19(26)24(16)20-23-7-8-28-20/h1-9,16H/t16-/m1/s1. The summed E-state index contributed by atoms with van der Waals surface area (Å²) in [6, 6.07) is 11.1. The molecule has 0 N–H and O–H groups in total. The van der Waals surface area contributed by atoms with Crippen molar-refractivity contribution in [3.8, 4) is 0 Å². The highest BCUT2D eigenvalue weighted by atomic mass is 35.5. The number of carbonyl (C=O) groups excluding carboxylic acids is 1. The van der Waals surface area contributed by atoms with Crippen molar-refractivity contribution < 1.29 is 9.21 Å². The third-order valence-corrected chi connectivity index (χ3v) is 5.90. The third-order valence-electron chi connectivity index (χ3n) is 4.64. The summed E-state index contributed by atoms with van der Waals surface area (Å²) >= 11 is 13.4. The molecule has 3 heterocycles. The lowest BCUT2D eigenvalue weighted by atomic mass is 9.99. The molecular weight excluding hydrogens is 419 g/mol. The molecule has 1 aliphatic rings. The van der Waals surface area contributed by atoms with Crippen molar-refractivity contribution in [2.24, 2.45) is 0 Å². The van der Waals surface area contributed by atoms with E-state index in [0.29, 0.717) is 26.1 Å². The van der Waals surface area contributed by atoms with Gasteiger partial charge in [0.05, 0.1) is 17.0 Å². The van der Waals surface area contributed by atoms with E-state index in [-0.39, 0.29) is 16.8 Å². The minimum absolute atomic E-state index is 0.0231. The number of hydrogen-bond acceptors (Lipinski definition) is 5. The second-order valence-corrected chi connectivity index (χ2v) is 8.00. The maximum atomic E-state index is 13.3. The van der Waals surface area contributed by atoms with E-state index < -0.39 is 11.9 Å². The number of rotatable bonds is 2. The summed E-state index contributed by atoms with van der Waals surface area (Å²) in [7, 11) is 0. The molecule has 0 aliphatic carbocycles. The van der Waals surface area contributed by atoms with Crippen LogP contribution in [0.15, 0.2) is 63.3 Å². The third kappa shape index (κ3) is 2.57. The summed E-state index contributed by atoms with van der Waals surface area (Å²) in [5.74, 6) is -0.381. The Bertz CT molecular complexity index is 1280. The first-order valence-electron chi connectivity index (χ1n) is 8.29. The average Bonchev–Trinajstić information content (AvgIpc) is 3.30. The topological polar surface area (TPSA) is 63.4 Å². The fourth-order valence-corrected chi connectivity index (χ4v) is 4.40.